The van der Waals surface area contributed by atoms with Crippen molar-refractivity contribution in [2.24, 2.45) is 0 Å². The number of carboxylic acids is 1. The number of aliphatic carboxylic acids is 1. The first-order chi connectivity index (χ1) is 10.1. The fourth-order valence-corrected chi connectivity index (χ4v) is 1.98. The summed E-state index contributed by atoms with van der Waals surface area (Å²) in [7, 11) is 0. The molecule has 21 heavy (non-hydrogen) atoms. The highest BCUT2D eigenvalue weighted by Crippen LogP contribution is 2.14. The van der Waals surface area contributed by atoms with Gasteiger partial charge in [-0.2, -0.15) is 0 Å². The van der Waals surface area contributed by atoms with Gasteiger partial charge in [-0.3, -0.25) is 4.79 Å². The average Bonchev–Trinajstić information content (AvgIpc) is 2.94. The second-order valence-corrected chi connectivity index (χ2v) is 4.43. The van der Waals surface area contributed by atoms with Gasteiger partial charge in [0.1, 0.15) is 5.69 Å². The van der Waals surface area contributed by atoms with Crippen LogP contribution in [0.5, 0.6) is 0 Å². The quantitative estimate of drug-likeness (QED) is 0.829. The minimum atomic E-state index is -1.01. The van der Waals surface area contributed by atoms with Gasteiger partial charge in [-0.05, 0) is 42.8 Å². The van der Waals surface area contributed by atoms with Crippen LogP contribution in [-0.4, -0.2) is 21.6 Å². The summed E-state index contributed by atoms with van der Waals surface area (Å²) in [5.74, 6) is -1.20. The fraction of sp³-hybridized carbons (Fsp3) is 0.125. The molecule has 0 saturated carbocycles. The Labute approximate surface area is 122 Å². The van der Waals surface area contributed by atoms with Gasteiger partial charge in [-0.25, -0.2) is 4.79 Å². The van der Waals surface area contributed by atoms with E-state index in [4.69, 9.17) is 5.11 Å². The second kappa shape index (κ2) is 6.56. The molecule has 2 rings (SSSR count). The lowest BCUT2D eigenvalue weighted by molar-refractivity contribution is -0.131. The Bertz CT molecular complexity index is 686. The summed E-state index contributed by atoms with van der Waals surface area (Å²) < 4.78 is 1.85. The number of benzene rings is 1. The average molecular weight is 284 g/mol. The van der Waals surface area contributed by atoms with Gasteiger partial charge in [-0.1, -0.05) is 12.1 Å². The van der Waals surface area contributed by atoms with Crippen LogP contribution in [0.2, 0.25) is 0 Å². The number of carbonyl (C=O) groups is 2. The molecule has 0 atom stereocenters. The molecular formula is C16H16N2O3. The van der Waals surface area contributed by atoms with Crippen molar-refractivity contribution < 1.29 is 14.7 Å². The molecule has 0 spiro atoms. The molecule has 1 aromatic carbocycles. The van der Waals surface area contributed by atoms with Gasteiger partial charge in [0.05, 0.1) is 0 Å². The number of rotatable bonds is 5. The van der Waals surface area contributed by atoms with Gasteiger partial charge in [0, 0.05) is 24.5 Å². The number of carbonyl (C=O) groups excluding carboxylic acids is 1. The predicted molar refractivity (Wildman–Crippen MR) is 81.2 cm³/mol. The maximum absolute atomic E-state index is 12.2. The molecule has 0 unspecified atom stereocenters. The van der Waals surface area contributed by atoms with E-state index in [1.54, 1.807) is 30.3 Å². The van der Waals surface area contributed by atoms with Crippen LogP contribution in [0.3, 0.4) is 0 Å². The van der Waals surface area contributed by atoms with Crippen LogP contribution in [0.25, 0.3) is 6.08 Å². The number of aromatic nitrogens is 1. The third-order valence-electron chi connectivity index (χ3n) is 2.97. The van der Waals surface area contributed by atoms with E-state index < -0.39 is 5.97 Å². The summed E-state index contributed by atoms with van der Waals surface area (Å²) in [4.78, 5) is 22.7. The topological polar surface area (TPSA) is 71.3 Å². The molecule has 0 saturated heterocycles. The van der Waals surface area contributed by atoms with E-state index in [1.807, 2.05) is 23.8 Å². The molecule has 5 nitrogen and oxygen atoms in total. The Morgan fingerprint density at radius 2 is 2.10 bits per heavy atom. The van der Waals surface area contributed by atoms with Gasteiger partial charge in [0.15, 0.2) is 0 Å². The molecule has 0 aliphatic heterocycles. The molecular weight excluding hydrogens is 268 g/mol. The number of carboxylic acid groups (broad SMARTS) is 1. The van der Waals surface area contributed by atoms with E-state index in [9.17, 15) is 9.59 Å². The van der Waals surface area contributed by atoms with Gasteiger partial charge in [-0.15, -0.1) is 0 Å². The number of aryl methyl sites for hydroxylation is 1. The molecule has 0 aliphatic carbocycles. The number of hydrogen-bond acceptors (Lipinski definition) is 2. The highest BCUT2D eigenvalue weighted by molar-refractivity contribution is 6.03. The lowest BCUT2D eigenvalue weighted by atomic mass is 10.2. The lowest BCUT2D eigenvalue weighted by Gasteiger charge is -2.08. The van der Waals surface area contributed by atoms with Crippen LogP contribution in [0, 0.1) is 0 Å². The maximum atomic E-state index is 12.2. The van der Waals surface area contributed by atoms with E-state index in [2.05, 4.69) is 5.32 Å². The van der Waals surface area contributed by atoms with Crippen LogP contribution in [0.1, 0.15) is 23.0 Å². The van der Waals surface area contributed by atoms with Crippen LogP contribution in [-0.2, 0) is 11.3 Å². The third-order valence-corrected chi connectivity index (χ3v) is 2.97. The summed E-state index contributed by atoms with van der Waals surface area (Å²) in [6.45, 7) is 2.69. The van der Waals surface area contributed by atoms with Gasteiger partial charge < -0.3 is 15.0 Å². The minimum Gasteiger partial charge on any atom is -0.478 e. The van der Waals surface area contributed by atoms with E-state index in [-0.39, 0.29) is 5.91 Å². The van der Waals surface area contributed by atoms with Crippen LogP contribution in [0.15, 0.2) is 48.7 Å². The molecule has 2 aromatic rings. The molecule has 5 heteroatoms. The van der Waals surface area contributed by atoms with Gasteiger partial charge >= 0.3 is 5.97 Å². The highest BCUT2D eigenvalue weighted by Gasteiger charge is 2.10. The molecule has 0 bridgehead atoms. The van der Waals surface area contributed by atoms with Crippen LogP contribution in [0.4, 0.5) is 5.69 Å². The lowest BCUT2D eigenvalue weighted by Crippen LogP contribution is -2.16. The van der Waals surface area contributed by atoms with Crippen molar-refractivity contribution in [1.29, 1.82) is 0 Å². The fourth-order valence-electron chi connectivity index (χ4n) is 1.98. The van der Waals surface area contributed by atoms with Crippen molar-refractivity contribution in [3.8, 4) is 0 Å². The molecule has 1 aromatic heterocycles. The van der Waals surface area contributed by atoms with Crippen molar-refractivity contribution in [3.05, 3.63) is 59.9 Å². The summed E-state index contributed by atoms with van der Waals surface area (Å²) in [5.41, 5.74) is 1.92. The van der Waals surface area contributed by atoms with Crippen molar-refractivity contribution in [2.75, 3.05) is 5.32 Å². The van der Waals surface area contributed by atoms with Crippen molar-refractivity contribution in [2.45, 2.75) is 13.5 Å². The second-order valence-electron chi connectivity index (χ2n) is 4.43. The van der Waals surface area contributed by atoms with E-state index in [0.717, 1.165) is 12.6 Å². The first-order valence-electron chi connectivity index (χ1n) is 6.57. The van der Waals surface area contributed by atoms with Crippen molar-refractivity contribution in [1.82, 2.24) is 4.57 Å². The number of hydrogen-bond donors (Lipinski definition) is 2. The normalized spacial score (nSPS) is 10.7. The zero-order valence-corrected chi connectivity index (χ0v) is 11.6. The first kappa shape index (κ1) is 14.6. The Balaban J connectivity index is 2.14. The largest absolute Gasteiger partial charge is 0.478 e. The molecule has 1 amide bonds. The van der Waals surface area contributed by atoms with E-state index in [0.29, 0.717) is 16.9 Å². The summed E-state index contributed by atoms with van der Waals surface area (Å²) >= 11 is 0. The molecule has 0 radical (unpaired) electrons. The third kappa shape index (κ3) is 3.82. The Kier molecular flexibility index (Phi) is 4.56. The molecule has 1 heterocycles. The summed E-state index contributed by atoms with van der Waals surface area (Å²) in [6, 6.07) is 10.6. The SMILES string of the molecule is CCn1cccc1C(=O)Nc1cccc(/C=C/C(=O)O)c1. The van der Waals surface area contributed by atoms with Crippen molar-refractivity contribution >= 4 is 23.6 Å². The Hall–Kier alpha value is -2.82. The summed E-state index contributed by atoms with van der Waals surface area (Å²) in [5, 5.41) is 11.4. The highest BCUT2D eigenvalue weighted by atomic mass is 16.4. The standard InChI is InChI=1S/C16H16N2O3/c1-2-18-10-4-7-14(18)16(21)17-13-6-3-5-12(11-13)8-9-15(19)20/h3-11H,2H2,1H3,(H,17,21)(H,19,20)/b9-8+. The number of nitrogens with zero attached hydrogens (tertiary/aromatic N) is 1. The number of nitrogens with one attached hydrogen (secondary N) is 1. The predicted octanol–water partition coefficient (Wildman–Crippen LogP) is 2.86. The van der Waals surface area contributed by atoms with Crippen LogP contribution < -0.4 is 5.32 Å². The Morgan fingerprint density at radius 1 is 1.29 bits per heavy atom. The molecule has 108 valence electrons. The number of anilines is 1. The number of amides is 1. The van der Waals surface area contributed by atoms with E-state index >= 15 is 0 Å². The molecule has 0 aliphatic rings. The smallest absolute Gasteiger partial charge is 0.328 e. The van der Waals surface area contributed by atoms with E-state index in [1.165, 1.54) is 6.08 Å². The minimum absolute atomic E-state index is 0.193. The molecule has 2 N–H and O–H groups in total. The van der Waals surface area contributed by atoms with Gasteiger partial charge in [0.25, 0.3) is 5.91 Å². The zero-order valence-electron chi connectivity index (χ0n) is 11.6. The van der Waals surface area contributed by atoms with Gasteiger partial charge in [0.2, 0.25) is 0 Å². The van der Waals surface area contributed by atoms with Crippen LogP contribution >= 0.6 is 0 Å². The zero-order chi connectivity index (χ0) is 15.2. The summed E-state index contributed by atoms with van der Waals surface area (Å²) in [6.07, 6.45) is 4.39. The Morgan fingerprint density at radius 3 is 2.81 bits per heavy atom. The molecule has 0 fully saturated rings. The first-order valence-corrected chi connectivity index (χ1v) is 6.57. The van der Waals surface area contributed by atoms with Crippen molar-refractivity contribution in [3.63, 3.8) is 0 Å². The monoisotopic (exact) mass is 284 g/mol. The maximum Gasteiger partial charge on any atom is 0.328 e.